The summed E-state index contributed by atoms with van der Waals surface area (Å²) in [7, 11) is 1.62. The van der Waals surface area contributed by atoms with Gasteiger partial charge >= 0.3 is 0 Å². The van der Waals surface area contributed by atoms with Crippen molar-refractivity contribution >= 4 is 32.9 Å². The number of rotatable bonds is 3. The van der Waals surface area contributed by atoms with Gasteiger partial charge in [-0.15, -0.1) is 5.11 Å². The summed E-state index contributed by atoms with van der Waals surface area (Å²) in [5.41, 5.74) is 1.45. The monoisotopic (exact) mass is 328 g/mol. The van der Waals surface area contributed by atoms with Crippen LogP contribution in [0.25, 0.3) is 21.5 Å². The minimum atomic E-state index is 0.270. The van der Waals surface area contributed by atoms with Crippen LogP contribution in [-0.4, -0.2) is 12.2 Å². The van der Waals surface area contributed by atoms with Crippen LogP contribution in [0, 0.1) is 0 Å². The molecule has 0 atom stereocenters. The van der Waals surface area contributed by atoms with Gasteiger partial charge in [-0.05, 0) is 12.1 Å². The van der Waals surface area contributed by atoms with Gasteiger partial charge in [0.15, 0.2) is 0 Å². The average Bonchev–Trinajstić information content (AvgIpc) is 2.68. The first kappa shape index (κ1) is 15.1. The lowest BCUT2D eigenvalue weighted by atomic mass is 10.00. The Balaban J connectivity index is 1.95. The van der Waals surface area contributed by atoms with Crippen molar-refractivity contribution in [1.82, 2.24) is 0 Å². The summed E-state index contributed by atoms with van der Waals surface area (Å²) in [6.07, 6.45) is 0. The largest absolute Gasteiger partial charge is 0.507 e. The zero-order valence-electron chi connectivity index (χ0n) is 13.7. The normalized spacial score (nSPS) is 11.4. The summed E-state index contributed by atoms with van der Waals surface area (Å²) >= 11 is 0. The number of phenols is 1. The van der Waals surface area contributed by atoms with E-state index in [9.17, 15) is 5.11 Å². The quantitative estimate of drug-likeness (QED) is 0.364. The van der Waals surface area contributed by atoms with E-state index in [1.54, 1.807) is 7.11 Å². The number of aromatic hydroxyl groups is 1. The molecule has 1 N–H and O–H groups in total. The number of azo groups is 1. The van der Waals surface area contributed by atoms with Gasteiger partial charge in [-0.25, -0.2) is 0 Å². The molecule has 4 rings (SSSR count). The third kappa shape index (κ3) is 2.68. The third-order valence-corrected chi connectivity index (χ3v) is 4.19. The van der Waals surface area contributed by atoms with Crippen molar-refractivity contribution < 1.29 is 9.84 Å². The molecule has 0 bridgehead atoms. The van der Waals surface area contributed by atoms with Gasteiger partial charge in [-0.2, -0.15) is 5.11 Å². The minimum Gasteiger partial charge on any atom is -0.507 e. The highest BCUT2D eigenvalue weighted by molar-refractivity contribution is 6.14. The molecule has 25 heavy (non-hydrogen) atoms. The molecule has 0 saturated carbocycles. The van der Waals surface area contributed by atoms with Crippen LogP contribution in [0.5, 0.6) is 11.5 Å². The number of benzene rings is 4. The fraction of sp³-hybridized carbons (Fsp3) is 0.0476. The molecule has 0 spiro atoms. The second kappa shape index (κ2) is 6.24. The van der Waals surface area contributed by atoms with Crippen LogP contribution in [0.15, 0.2) is 83.0 Å². The number of ether oxygens (including phenoxy) is 1. The fourth-order valence-electron chi connectivity index (χ4n) is 2.97. The van der Waals surface area contributed by atoms with E-state index in [-0.39, 0.29) is 5.75 Å². The van der Waals surface area contributed by atoms with Crippen LogP contribution in [0.1, 0.15) is 0 Å². The Morgan fingerprint density at radius 3 is 1.92 bits per heavy atom. The Hall–Kier alpha value is -3.40. The fourth-order valence-corrected chi connectivity index (χ4v) is 2.97. The summed E-state index contributed by atoms with van der Waals surface area (Å²) in [5, 5.41) is 22.7. The predicted octanol–water partition coefficient (Wildman–Crippen LogP) is 6.12. The van der Waals surface area contributed by atoms with Crippen molar-refractivity contribution in [2.75, 3.05) is 7.11 Å². The lowest BCUT2D eigenvalue weighted by molar-refractivity contribution is 0.415. The summed E-state index contributed by atoms with van der Waals surface area (Å²) in [4.78, 5) is 0. The van der Waals surface area contributed by atoms with Gasteiger partial charge in [-0.1, -0.05) is 54.6 Å². The molecule has 0 aliphatic rings. The van der Waals surface area contributed by atoms with Gasteiger partial charge < -0.3 is 9.84 Å². The highest BCUT2D eigenvalue weighted by Gasteiger charge is 2.12. The van der Waals surface area contributed by atoms with E-state index < -0.39 is 0 Å². The standard InChI is InChI=1S/C21H16N2O2/c1-25-15-8-6-7-14(13-15)22-23-20-16-9-2-4-11-18(16)21(24)19-12-5-3-10-17(19)20/h2-13,24H,1H3. The molecule has 4 nitrogen and oxygen atoms in total. The second-order valence-corrected chi connectivity index (χ2v) is 5.69. The molecule has 0 aliphatic heterocycles. The van der Waals surface area contributed by atoms with Gasteiger partial charge in [0.05, 0.1) is 12.8 Å². The molecule has 0 aromatic heterocycles. The SMILES string of the molecule is COc1cccc(N=Nc2c3ccccc3c(O)c3ccccc23)c1. The van der Waals surface area contributed by atoms with Gasteiger partial charge in [0.1, 0.15) is 17.2 Å². The highest BCUT2D eigenvalue weighted by atomic mass is 16.5. The Morgan fingerprint density at radius 1 is 0.720 bits per heavy atom. The molecule has 0 unspecified atom stereocenters. The number of hydrogen-bond donors (Lipinski definition) is 1. The average molecular weight is 328 g/mol. The molecule has 122 valence electrons. The first-order chi connectivity index (χ1) is 12.3. The van der Waals surface area contributed by atoms with E-state index in [1.165, 1.54) is 0 Å². The van der Waals surface area contributed by atoms with Gasteiger partial charge in [0.2, 0.25) is 0 Å². The molecule has 0 heterocycles. The lowest BCUT2D eigenvalue weighted by Gasteiger charge is -2.09. The zero-order valence-corrected chi connectivity index (χ0v) is 13.7. The smallest absolute Gasteiger partial charge is 0.131 e. The van der Waals surface area contributed by atoms with Crippen LogP contribution < -0.4 is 4.74 Å². The van der Waals surface area contributed by atoms with Crippen LogP contribution in [0.2, 0.25) is 0 Å². The van der Waals surface area contributed by atoms with E-state index >= 15 is 0 Å². The molecule has 0 fully saturated rings. The third-order valence-electron chi connectivity index (χ3n) is 4.19. The summed E-state index contributed by atoms with van der Waals surface area (Å²) in [6, 6.07) is 22.8. The molecule has 4 aromatic carbocycles. The predicted molar refractivity (Wildman–Crippen MR) is 100 cm³/mol. The Labute approximate surface area is 145 Å². The van der Waals surface area contributed by atoms with E-state index in [4.69, 9.17) is 4.74 Å². The van der Waals surface area contributed by atoms with Crippen LogP contribution >= 0.6 is 0 Å². The lowest BCUT2D eigenvalue weighted by Crippen LogP contribution is -1.81. The molecule has 0 amide bonds. The number of phenolic OH excluding ortho intramolecular Hbond substituents is 1. The van der Waals surface area contributed by atoms with Crippen molar-refractivity contribution in [3.05, 3.63) is 72.8 Å². The Morgan fingerprint density at radius 2 is 1.32 bits per heavy atom. The van der Waals surface area contributed by atoms with Gasteiger partial charge in [-0.3, -0.25) is 0 Å². The van der Waals surface area contributed by atoms with Crippen molar-refractivity contribution in [2.45, 2.75) is 0 Å². The summed E-state index contributed by atoms with van der Waals surface area (Å²) in [6.45, 7) is 0. The van der Waals surface area contributed by atoms with E-state index in [0.29, 0.717) is 5.69 Å². The summed E-state index contributed by atoms with van der Waals surface area (Å²) in [5.74, 6) is 1.00. The van der Waals surface area contributed by atoms with Crippen molar-refractivity contribution in [2.24, 2.45) is 10.2 Å². The topological polar surface area (TPSA) is 54.2 Å². The Bertz CT molecular complexity index is 1050. The van der Waals surface area contributed by atoms with Crippen LogP contribution in [-0.2, 0) is 0 Å². The maximum absolute atomic E-state index is 10.6. The van der Waals surface area contributed by atoms with Crippen LogP contribution in [0.3, 0.4) is 0 Å². The molecule has 4 heteroatoms. The van der Waals surface area contributed by atoms with E-state index in [0.717, 1.165) is 33.0 Å². The second-order valence-electron chi connectivity index (χ2n) is 5.69. The number of hydrogen-bond acceptors (Lipinski definition) is 4. The molecule has 4 aromatic rings. The maximum Gasteiger partial charge on any atom is 0.131 e. The van der Waals surface area contributed by atoms with Crippen molar-refractivity contribution in [1.29, 1.82) is 0 Å². The number of methoxy groups -OCH3 is 1. The van der Waals surface area contributed by atoms with Crippen molar-refractivity contribution in [3.63, 3.8) is 0 Å². The minimum absolute atomic E-state index is 0.270. The highest BCUT2D eigenvalue weighted by Crippen LogP contribution is 2.42. The molecule has 0 aliphatic carbocycles. The molecule has 0 saturated heterocycles. The van der Waals surface area contributed by atoms with Gasteiger partial charge in [0, 0.05) is 27.6 Å². The van der Waals surface area contributed by atoms with E-state index in [2.05, 4.69) is 10.2 Å². The van der Waals surface area contributed by atoms with Gasteiger partial charge in [0.25, 0.3) is 0 Å². The summed E-state index contributed by atoms with van der Waals surface area (Å²) < 4.78 is 5.23. The van der Waals surface area contributed by atoms with E-state index in [1.807, 2.05) is 72.8 Å². The Kier molecular flexibility index (Phi) is 3.78. The zero-order chi connectivity index (χ0) is 17.2. The van der Waals surface area contributed by atoms with Crippen molar-refractivity contribution in [3.8, 4) is 11.5 Å². The number of nitrogens with zero attached hydrogens (tertiary/aromatic N) is 2. The molecular formula is C21H16N2O2. The first-order valence-corrected chi connectivity index (χ1v) is 7.96. The first-order valence-electron chi connectivity index (χ1n) is 7.96. The maximum atomic E-state index is 10.6. The molecule has 0 radical (unpaired) electrons. The molecular weight excluding hydrogens is 312 g/mol. The number of fused-ring (bicyclic) bond motifs is 2. The van der Waals surface area contributed by atoms with Crippen LogP contribution in [0.4, 0.5) is 11.4 Å².